The van der Waals surface area contributed by atoms with E-state index in [2.05, 4.69) is 54.2 Å². The largest absolute Gasteiger partial charge is 0.372 e. The monoisotopic (exact) mass is 313 g/mol. The summed E-state index contributed by atoms with van der Waals surface area (Å²) in [5.41, 5.74) is 1.21. The Hall–Kier alpha value is -0.380. The minimum Gasteiger partial charge on any atom is -0.372 e. The quantitative estimate of drug-likeness (QED) is 0.733. The van der Waals surface area contributed by atoms with Gasteiger partial charge < -0.3 is 10.1 Å². The van der Waals surface area contributed by atoms with Gasteiger partial charge >= 0.3 is 0 Å². The summed E-state index contributed by atoms with van der Waals surface area (Å²) in [6.07, 6.45) is 1.44. The van der Waals surface area contributed by atoms with Gasteiger partial charge in [0.05, 0.1) is 12.7 Å². The van der Waals surface area contributed by atoms with Crippen LogP contribution >= 0.6 is 15.9 Å². The van der Waals surface area contributed by atoms with E-state index in [1.165, 1.54) is 5.56 Å². The molecule has 0 amide bonds. The van der Waals surface area contributed by atoms with Crippen LogP contribution in [0.5, 0.6) is 0 Å². The van der Waals surface area contributed by atoms with E-state index in [4.69, 9.17) is 4.74 Å². The molecule has 1 aromatic carbocycles. The van der Waals surface area contributed by atoms with Crippen molar-refractivity contribution >= 4 is 15.9 Å². The fraction of sp³-hybridized carbons (Fsp3) is 0.600. The maximum Gasteiger partial charge on any atom is 0.0726 e. The molecule has 0 bridgehead atoms. The summed E-state index contributed by atoms with van der Waals surface area (Å²) in [5, 5.41) is 3.43. The molecule has 1 aromatic rings. The molecule has 0 saturated heterocycles. The number of rotatable bonds is 8. The van der Waals surface area contributed by atoms with E-state index in [0.29, 0.717) is 12.5 Å². The number of hydrogen-bond acceptors (Lipinski definition) is 2. The van der Waals surface area contributed by atoms with Crippen molar-refractivity contribution in [3.8, 4) is 0 Å². The van der Waals surface area contributed by atoms with Gasteiger partial charge in [-0.25, -0.2) is 0 Å². The van der Waals surface area contributed by atoms with Gasteiger partial charge in [-0.15, -0.1) is 0 Å². The SMILES string of the molecule is CCCNCC(OCc1cccc(Br)c1)C(C)C. The fourth-order valence-electron chi connectivity index (χ4n) is 1.74. The summed E-state index contributed by atoms with van der Waals surface area (Å²) >= 11 is 3.48. The zero-order valence-corrected chi connectivity index (χ0v) is 13.2. The predicted molar refractivity (Wildman–Crippen MR) is 80.7 cm³/mol. The third-order valence-corrected chi connectivity index (χ3v) is 3.36. The van der Waals surface area contributed by atoms with Gasteiger partial charge in [0.1, 0.15) is 0 Å². The molecule has 0 heterocycles. The second kappa shape index (κ2) is 8.68. The molecule has 0 aliphatic carbocycles. The average Bonchev–Trinajstić information content (AvgIpc) is 2.33. The van der Waals surface area contributed by atoms with Crippen LogP contribution in [0.15, 0.2) is 28.7 Å². The minimum absolute atomic E-state index is 0.274. The number of ether oxygens (including phenoxy) is 1. The Morgan fingerprint density at radius 1 is 1.33 bits per heavy atom. The highest BCUT2D eigenvalue weighted by molar-refractivity contribution is 9.10. The average molecular weight is 314 g/mol. The number of nitrogens with one attached hydrogen (secondary N) is 1. The van der Waals surface area contributed by atoms with Crippen LogP contribution in [0, 0.1) is 5.92 Å². The first kappa shape index (κ1) is 15.7. The minimum atomic E-state index is 0.274. The maximum absolute atomic E-state index is 6.01. The van der Waals surface area contributed by atoms with Crippen LogP contribution in [0.3, 0.4) is 0 Å². The van der Waals surface area contributed by atoms with Gasteiger partial charge in [0.15, 0.2) is 0 Å². The standard InChI is InChI=1S/C15H24BrNO/c1-4-8-17-10-15(12(2)3)18-11-13-6-5-7-14(16)9-13/h5-7,9,12,15,17H,4,8,10-11H2,1-3H3. The summed E-state index contributed by atoms with van der Waals surface area (Å²) in [5.74, 6) is 0.529. The highest BCUT2D eigenvalue weighted by Crippen LogP contribution is 2.14. The first-order chi connectivity index (χ1) is 8.63. The zero-order valence-electron chi connectivity index (χ0n) is 11.6. The van der Waals surface area contributed by atoms with Gasteiger partial charge in [-0.05, 0) is 36.6 Å². The summed E-state index contributed by atoms with van der Waals surface area (Å²) in [7, 11) is 0. The van der Waals surface area contributed by atoms with E-state index in [9.17, 15) is 0 Å². The van der Waals surface area contributed by atoms with Crippen LogP contribution in [-0.2, 0) is 11.3 Å². The summed E-state index contributed by atoms with van der Waals surface area (Å²) in [6.45, 7) is 9.26. The van der Waals surface area contributed by atoms with Crippen molar-refractivity contribution in [3.05, 3.63) is 34.3 Å². The van der Waals surface area contributed by atoms with E-state index in [1.807, 2.05) is 12.1 Å². The fourth-order valence-corrected chi connectivity index (χ4v) is 2.18. The van der Waals surface area contributed by atoms with Crippen molar-refractivity contribution < 1.29 is 4.74 Å². The summed E-state index contributed by atoms with van der Waals surface area (Å²) < 4.78 is 7.11. The van der Waals surface area contributed by atoms with Gasteiger partial charge in [-0.1, -0.05) is 48.8 Å². The molecule has 0 radical (unpaired) electrons. The smallest absolute Gasteiger partial charge is 0.0726 e. The van der Waals surface area contributed by atoms with Crippen molar-refractivity contribution in [3.63, 3.8) is 0 Å². The molecule has 102 valence electrons. The van der Waals surface area contributed by atoms with Gasteiger partial charge in [-0.2, -0.15) is 0 Å². The third-order valence-electron chi connectivity index (χ3n) is 2.87. The van der Waals surface area contributed by atoms with Gasteiger partial charge in [0.2, 0.25) is 0 Å². The normalized spacial score (nSPS) is 12.9. The lowest BCUT2D eigenvalue weighted by atomic mass is 10.1. The van der Waals surface area contributed by atoms with Crippen molar-refractivity contribution in [2.24, 2.45) is 5.92 Å². The topological polar surface area (TPSA) is 21.3 Å². The Morgan fingerprint density at radius 2 is 2.11 bits per heavy atom. The highest BCUT2D eigenvalue weighted by atomic mass is 79.9. The first-order valence-corrected chi connectivity index (χ1v) is 7.49. The Balaban J connectivity index is 2.41. The lowest BCUT2D eigenvalue weighted by Gasteiger charge is -2.22. The number of hydrogen-bond donors (Lipinski definition) is 1. The third kappa shape index (κ3) is 5.98. The Kier molecular flexibility index (Phi) is 7.56. The lowest BCUT2D eigenvalue weighted by Crippen LogP contribution is -2.33. The molecule has 0 fully saturated rings. The summed E-state index contributed by atoms with van der Waals surface area (Å²) in [6, 6.07) is 8.28. The molecule has 0 aliphatic heterocycles. The molecule has 1 unspecified atom stereocenters. The van der Waals surface area contributed by atoms with Crippen molar-refractivity contribution in [2.75, 3.05) is 13.1 Å². The molecule has 1 rings (SSSR count). The van der Waals surface area contributed by atoms with Crippen LogP contribution in [0.4, 0.5) is 0 Å². The molecule has 2 nitrogen and oxygen atoms in total. The zero-order chi connectivity index (χ0) is 13.4. The van der Waals surface area contributed by atoms with Gasteiger partial charge in [0.25, 0.3) is 0 Å². The molecule has 1 N–H and O–H groups in total. The maximum atomic E-state index is 6.01. The molecule has 18 heavy (non-hydrogen) atoms. The Bertz CT molecular complexity index is 341. The van der Waals surface area contributed by atoms with E-state index >= 15 is 0 Å². The first-order valence-electron chi connectivity index (χ1n) is 6.70. The Labute approximate surface area is 119 Å². The molecule has 0 aromatic heterocycles. The van der Waals surface area contributed by atoms with Crippen LogP contribution in [0.1, 0.15) is 32.8 Å². The van der Waals surface area contributed by atoms with Gasteiger partial charge in [-0.3, -0.25) is 0 Å². The van der Waals surface area contributed by atoms with E-state index in [1.54, 1.807) is 0 Å². The van der Waals surface area contributed by atoms with Crippen LogP contribution in [0.25, 0.3) is 0 Å². The van der Waals surface area contributed by atoms with E-state index < -0.39 is 0 Å². The Morgan fingerprint density at radius 3 is 2.72 bits per heavy atom. The van der Waals surface area contributed by atoms with Gasteiger partial charge in [0, 0.05) is 11.0 Å². The predicted octanol–water partition coefficient (Wildman–Crippen LogP) is 3.99. The molecule has 0 spiro atoms. The summed E-state index contributed by atoms with van der Waals surface area (Å²) in [4.78, 5) is 0. The van der Waals surface area contributed by atoms with E-state index in [-0.39, 0.29) is 6.10 Å². The number of benzene rings is 1. The van der Waals surface area contributed by atoms with Crippen LogP contribution in [-0.4, -0.2) is 19.2 Å². The molecular formula is C15H24BrNO. The number of halogens is 1. The van der Waals surface area contributed by atoms with Crippen molar-refractivity contribution in [1.82, 2.24) is 5.32 Å². The molecule has 1 atom stereocenters. The van der Waals surface area contributed by atoms with Crippen molar-refractivity contribution in [1.29, 1.82) is 0 Å². The van der Waals surface area contributed by atoms with Crippen LogP contribution in [0.2, 0.25) is 0 Å². The second-order valence-corrected chi connectivity index (χ2v) is 5.84. The highest BCUT2D eigenvalue weighted by Gasteiger charge is 2.13. The second-order valence-electron chi connectivity index (χ2n) is 4.93. The van der Waals surface area contributed by atoms with Crippen molar-refractivity contribution in [2.45, 2.75) is 39.9 Å². The lowest BCUT2D eigenvalue weighted by molar-refractivity contribution is 0.0114. The van der Waals surface area contributed by atoms with Crippen LogP contribution < -0.4 is 5.32 Å². The molecular weight excluding hydrogens is 290 g/mol. The van der Waals surface area contributed by atoms with E-state index in [0.717, 1.165) is 24.0 Å². The molecule has 0 aliphatic rings. The molecule has 3 heteroatoms. The molecule has 0 saturated carbocycles.